The van der Waals surface area contributed by atoms with Crippen molar-refractivity contribution in [3.8, 4) is 0 Å². The van der Waals surface area contributed by atoms with Crippen molar-refractivity contribution in [3.63, 3.8) is 0 Å². The minimum atomic E-state index is -0.461. The van der Waals surface area contributed by atoms with Crippen molar-refractivity contribution >= 4 is 18.2 Å². The summed E-state index contributed by atoms with van der Waals surface area (Å²) in [6.45, 7) is 1.94. The van der Waals surface area contributed by atoms with E-state index in [2.05, 4.69) is 10.3 Å². The largest absolute Gasteiger partial charge is 0.381 e. The lowest BCUT2D eigenvalue weighted by Gasteiger charge is -2.22. The zero-order valence-corrected chi connectivity index (χ0v) is 8.94. The maximum Gasteiger partial charge on any atom is 0.381 e. The maximum atomic E-state index is 10.4. The van der Waals surface area contributed by atoms with E-state index in [0.717, 1.165) is 25.9 Å². The predicted octanol–water partition coefficient (Wildman–Crippen LogP) is 1.14. The number of hydrogen-bond acceptors (Lipinski definition) is 4. The van der Waals surface area contributed by atoms with Crippen molar-refractivity contribution in [1.29, 1.82) is 0 Å². The van der Waals surface area contributed by atoms with Crippen LogP contribution < -0.4 is 5.32 Å². The van der Waals surface area contributed by atoms with Gasteiger partial charge in [0.05, 0.1) is 0 Å². The predicted molar refractivity (Wildman–Crippen MR) is 57.3 cm³/mol. The summed E-state index contributed by atoms with van der Waals surface area (Å²) in [5, 5.41) is 13.7. The minimum absolute atomic E-state index is 0. The lowest BCUT2D eigenvalue weighted by atomic mass is 10.1. The molecule has 2 heterocycles. The Balaban J connectivity index is 0.00000112. The summed E-state index contributed by atoms with van der Waals surface area (Å²) in [6, 6.07) is 0.359. The van der Waals surface area contributed by atoms with Gasteiger partial charge in [0.15, 0.2) is 0 Å². The highest BCUT2D eigenvalue weighted by molar-refractivity contribution is 5.85. The number of hydrogen-bond donors (Lipinski definition) is 1. The summed E-state index contributed by atoms with van der Waals surface area (Å²) in [7, 11) is 0. The second kappa shape index (κ2) is 5.09. The van der Waals surface area contributed by atoms with Crippen molar-refractivity contribution in [1.82, 2.24) is 14.9 Å². The number of rotatable bonds is 2. The Hall–Kier alpha value is -1.14. The van der Waals surface area contributed by atoms with Gasteiger partial charge in [-0.2, -0.15) is 0 Å². The van der Waals surface area contributed by atoms with Gasteiger partial charge < -0.3 is 20.0 Å². The van der Waals surface area contributed by atoms with E-state index in [1.807, 2.05) is 4.57 Å². The van der Waals surface area contributed by atoms with Gasteiger partial charge in [-0.15, -0.1) is 12.4 Å². The highest BCUT2D eigenvalue weighted by Gasteiger charge is 2.18. The Kier molecular flexibility index (Phi) is 4.05. The molecule has 0 unspecified atom stereocenters. The van der Waals surface area contributed by atoms with Crippen LogP contribution in [0.3, 0.4) is 0 Å². The molecule has 2 rings (SSSR count). The molecule has 0 atom stereocenters. The molecular formula is C8H13ClN4O2. The van der Waals surface area contributed by atoms with Gasteiger partial charge in [-0.1, -0.05) is 0 Å². The average molecular weight is 233 g/mol. The van der Waals surface area contributed by atoms with Crippen LogP contribution in [0.4, 0.5) is 5.82 Å². The van der Waals surface area contributed by atoms with Gasteiger partial charge in [0.25, 0.3) is 0 Å². The fourth-order valence-electron chi connectivity index (χ4n) is 1.72. The fourth-order valence-corrected chi connectivity index (χ4v) is 1.72. The molecular weight excluding hydrogens is 220 g/mol. The average Bonchev–Trinajstić information content (AvgIpc) is 2.68. The van der Waals surface area contributed by atoms with E-state index < -0.39 is 4.92 Å². The lowest BCUT2D eigenvalue weighted by molar-refractivity contribution is -0.389. The Morgan fingerprint density at radius 2 is 2.20 bits per heavy atom. The number of nitro groups is 1. The SMILES string of the molecule is Cl.O=[N+]([O-])c1cn(C2CCNCC2)cn1. The molecule has 0 radical (unpaired) electrons. The normalized spacial score (nSPS) is 17.1. The fraction of sp³-hybridized carbons (Fsp3) is 0.625. The van der Waals surface area contributed by atoms with E-state index in [4.69, 9.17) is 0 Å². The van der Waals surface area contributed by atoms with Gasteiger partial charge >= 0.3 is 5.82 Å². The molecule has 1 N–H and O–H groups in total. The number of piperidine rings is 1. The van der Waals surface area contributed by atoms with Gasteiger partial charge in [-0.05, 0) is 35.8 Å². The molecule has 1 fully saturated rings. The molecule has 1 aromatic rings. The quantitative estimate of drug-likeness (QED) is 0.613. The summed E-state index contributed by atoms with van der Waals surface area (Å²) in [5.74, 6) is -0.0662. The van der Waals surface area contributed by atoms with Gasteiger partial charge in [-0.3, -0.25) is 0 Å². The van der Waals surface area contributed by atoms with E-state index >= 15 is 0 Å². The number of aromatic nitrogens is 2. The Morgan fingerprint density at radius 1 is 1.53 bits per heavy atom. The van der Waals surface area contributed by atoms with E-state index in [1.165, 1.54) is 6.20 Å². The van der Waals surface area contributed by atoms with Crippen LogP contribution in [0.15, 0.2) is 12.5 Å². The van der Waals surface area contributed by atoms with Gasteiger partial charge in [0.2, 0.25) is 6.33 Å². The molecule has 84 valence electrons. The highest BCUT2D eigenvalue weighted by Crippen LogP contribution is 2.20. The first kappa shape index (κ1) is 11.9. The molecule has 0 amide bonds. The molecule has 15 heavy (non-hydrogen) atoms. The highest BCUT2D eigenvalue weighted by atomic mass is 35.5. The second-order valence-corrected chi connectivity index (χ2v) is 3.42. The first-order chi connectivity index (χ1) is 6.77. The first-order valence-electron chi connectivity index (χ1n) is 4.66. The van der Waals surface area contributed by atoms with E-state index in [0.29, 0.717) is 6.04 Å². The maximum absolute atomic E-state index is 10.4. The zero-order chi connectivity index (χ0) is 9.97. The summed E-state index contributed by atoms with van der Waals surface area (Å²) >= 11 is 0. The number of nitrogens with zero attached hydrogens (tertiary/aromatic N) is 3. The third-order valence-electron chi connectivity index (χ3n) is 2.51. The monoisotopic (exact) mass is 232 g/mol. The third-order valence-corrected chi connectivity index (χ3v) is 2.51. The zero-order valence-electron chi connectivity index (χ0n) is 8.13. The van der Waals surface area contributed by atoms with Crippen molar-refractivity contribution in [2.45, 2.75) is 18.9 Å². The molecule has 0 spiro atoms. The molecule has 7 heteroatoms. The topological polar surface area (TPSA) is 73.0 Å². The molecule has 6 nitrogen and oxygen atoms in total. The smallest absolute Gasteiger partial charge is 0.358 e. The summed E-state index contributed by atoms with van der Waals surface area (Å²) in [5.41, 5.74) is 0. The molecule has 1 aliphatic rings. The summed E-state index contributed by atoms with van der Waals surface area (Å²) in [6.07, 6.45) is 5.07. The van der Waals surface area contributed by atoms with Crippen LogP contribution in [0, 0.1) is 10.1 Å². The minimum Gasteiger partial charge on any atom is -0.358 e. The molecule has 0 aliphatic carbocycles. The van der Waals surface area contributed by atoms with Crippen LogP contribution in [0.1, 0.15) is 18.9 Å². The van der Waals surface area contributed by atoms with E-state index in [-0.39, 0.29) is 18.2 Å². The van der Waals surface area contributed by atoms with Crippen molar-refractivity contribution in [2.24, 2.45) is 0 Å². The molecule has 0 aromatic carbocycles. The summed E-state index contributed by atoms with van der Waals surface area (Å²) in [4.78, 5) is 13.7. The van der Waals surface area contributed by atoms with E-state index in [9.17, 15) is 10.1 Å². The van der Waals surface area contributed by atoms with Crippen LogP contribution in [0.5, 0.6) is 0 Å². The summed E-state index contributed by atoms with van der Waals surface area (Å²) < 4.78 is 1.85. The van der Waals surface area contributed by atoms with Crippen molar-refractivity contribution in [2.75, 3.05) is 13.1 Å². The molecule has 0 saturated carbocycles. The van der Waals surface area contributed by atoms with Crippen LogP contribution in [-0.4, -0.2) is 27.6 Å². The van der Waals surface area contributed by atoms with Crippen LogP contribution in [-0.2, 0) is 0 Å². The van der Waals surface area contributed by atoms with Crippen molar-refractivity contribution < 1.29 is 4.92 Å². The number of imidazole rings is 1. The first-order valence-corrected chi connectivity index (χ1v) is 4.66. The number of halogens is 1. The molecule has 1 aromatic heterocycles. The number of nitrogens with one attached hydrogen (secondary N) is 1. The van der Waals surface area contributed by atoms with Crippen LogP contribution >= 0.6 is 12.4 Å². The lowest BCUT2D eigenvalue weighted by Crippen LogP contribution is -2.28. The van der Waals surface area contributed by atoms with Crippen LogP contribution in [0.2, 0.25) is 0 Å². The molecule has 1 aliphatic heterocycles. The van der Waals surface area contributed by atoms with Crippen molar-refractivity contribution in [3.05, 3.63) is 22.6 Å². The Labute approximate surface area is 93.2 Å². The molecule has 0 bridgehead atoms. The second-order valence-electron chi connectivity index (χ2n) is 3.42. The third kappa shape index (κ3) is 2.66. The van der Waals surface area contributed by atoms with Gasteiger partial charge in [0.1, 0.15) is 6.20 Å². The van der Waals surface area contributed by atoms with Gasteiger partial charge in [-0.25, -0.2) is 0 Å². The Bertz CT molecular complexity index is 335. The standard InChI is InChI=1S/C8H12N4O2.ClH/c13-12(14)8-5-11(6-10-8)7-1-3-9-4-2-7;/h5-7,9H,1-4H2;1H. The Morgan fingerprint density at radius 3 is 2.73 bits per heavy atom. The van der Waals surface area contributed by atoms with E-state index in [1.54, 1.807) is 6.33 Å². The molecule has 1 saturated heterocycles. The van der Waals surface area contributed by atoms with Crippen LogP contribution in [0.25, 0.3) is 0 Å². The van der Waals surface area contributed by atoms with Gasteiger partial charge in [0, 0.05) is 6.04 Å².